The van der Waals surface area contributed by atoms with Crippen LogP contribution in [0.1, 0.15) is 42.7 Å². The molecule has 0 amide bonds. The van der Waals surface area contributed by atoms with Crippen molar-refractivity contribution in [1.82, 2.24) is 9.80 Å². The maximum Gasteiger partial charge on any atom is 0.0577 e. The van der Waals surface area contributed by atoms with E-state index in [1.54, 1.807) is 11.3 Å². The van der Waals surface area contributed by atoms with Gasteiger partial charge in [0.1, 0.15) is 0 Å². The molecule has 1 N–H and O–H groups in total. The standard InChI is InChI=1S/C26H34Cl2N2OS/c1-2-3-24(31)12-19-6-9-29(10-7-19)15-22-16-30(17-25(22)21-8-11-32-18-21)14-20-4-5-23(27)13-26(20)28/h2,4-5,8,11,13,18-19,22,24-25,31H,1,3,6-7,9-10,12,14-17H2/t22?,24-,25?/m0/s1. The summed E-state index contributed by atoms with van der Waals surface area (Å²) in [6.45, 7) is 10.2. The number of hydrogen-bond acceptors (Lipinski definition) is 4. The van der Waals surface area contributed by atoms with Gasteiger partial charge in [-0.2, -0.15) is 11.3 Å². The Labute approximate surface area is 206 Å². The van der Waals surface area contributed by atoms with E-state index in [1.165, 1.54) is 18.4 Å². The zero-order chi connectivity index (χ0) is 22.5. The molecule has 0 aliphatic carbocycles. The van der Waals surface area contributed by atoms with Gasteiger partial charge >= 0.3 is 0 Å². The predicted octanol–water partition coefficient (Wildman–Crippen LogP) is 6.31. The minimum absolute atomic E-state index is 0.227. The average Bonchev–Trinajstić information content (AvgIpc) is 3.42. The third kappa shape index (κ3) is 6.37. The van der Waals surface area contributed by atoms with Crippen molar-refractivity contribution in [2.24, 2.45) is 11.8 Å². The minimum atomic E-state index is -0.227. The minimum Gasteiger partial charge on any atom is -0.393 e. The quantitative estimate of drug-likeness (QED) is 0.415. The molecule has 0 saturated carbocycles. The Morgan fingerprint density at radius 3 is 2.66 bits per heavy atom. The first-order valence-electron chi connectivity index (χ1n) is 11.7. The van der Waals surface area contributed by atoms with E-state index in [1.807, 2.05) is 18.2 Å². The van der Waals surface area contributed by atoms with Crippen molar-refractivity contribution >= 4 is 34.5 Å². The molecular formula is C26H34Cl2N2OS. The van der Waals surface area contributed by atoms with Gasteiger partial charge in [-0.15, -0.1) is 6.58 Å². The molecule has 2 aliphatic heterocycles. The Morgan fingerprint density at radius 2 is 1.97 bits per heavy atom. The fourth-order valence-corrected chi connectivity index (χ4v) is 6.63. The van der Waals surface area contributed by atoms with Gasteiger partial charge in [-0.05, 0) is 90.7 Å². The molecule has 2 aromatic rings. The van der Waals surface area contributed by atoms with Crippen molar-refractivity contribution in [3.05, 3.63) is 68.9 Å². The van der Waals surface area contributed by atoms with Gasteiger partial charge in [-0.1, -0.05) is 35.3 Å². The number of rotatable bonds is 9. The highest BCUT2D eigenvalue weighted by molar-refractivity contribution is 7.08. The first kappa shape index (κ1) is 24.3. The molecule has 2 aliphatic rings. The number of nitrogens with zero attached hydrogens (tertiary/aromatic N) is 2. The topological polar surface area (TPSA) is 26.7 Å². The molecule has 1 aromatic carbocycles. The molecular weight excluding hydrogens is 459 g/mol. The van der Waals surface area contributed by atoms with Crippen LogP contribution in [-0.4, -0.2) is 53.7 Å². The maximum atomic E-state index is 10.1. The van der Waals surface area contributed by atoms with Crippen molar-refractivity contribution in [1.29, 1.82) is 0 Å². The highest BCUT2D eigenvalue weighted by Gasteiger charge is 2.36. The van der Waals surface area contributed by atoms with Crippen LogP contribution in [0.2, 0.25) is 10.0 Å². The molecule has 6 heteroatoms. The van der Waals surface area contributed by atoms with Gasteiger partial charge in [0.05, 0.1) is 6.10 Å². The number of piperidine rings is 1. The van der Waals surface area contributed by atoms with E-state index in [-0.39, 0.29) is 6.10 Å². The molecule has 2 saturated heterocycles. The first-order chi connectivity index (χ1) is 15.5. The molecule has 3 heterocycles. The predicted molar refractivity (Wildman–Crippen MR) is 137 cm³/mol. The number of aliphatic hydroxyl groups is 1. The normalized spacial score (nSPS) is 24.1. The summed E-state index contributed by atoms with van der Waals surface area (Å²) < 4.78 is 0. The Balaban J connectivity index is 1.35. The maximum absolute atomic E-state index is 10.1. The number of halogens is 2. The van der Waals surface area contributed by atoms with Crippen LogP contribution in [0, 0.1) is 11.8 Å². The smallest absolute Gasteiger partial charge is 0.0577 e. The fraction of sp³-hybridized carbons (Fsp3) is 0.538. The summed E-state index contributed by atoms with van der Waals surface area (Å²) in [7, 11) is 0. The molecule has 4 rings (SSSR count). The molecule has 0 spiro atoms. The van der Waals surface area contributed by atoms with Gasteiger partial charge in [0.15, 0.2) is 0 Å². The lowest BCUT2D eigenvalue weighted by Crippen LogP contribution is -2.39. The Bertz CT molecular complexity index is 867. The fourth-order valence-electron chi connectivity index (χ4n) is 5.44. The van der Waals surface area contributed by atoms with Crippen LogP contribution in [-0.2, 0) is 6.54 Å². The van der Waals surface area contributed by atoms with E-state index in [2.05, 4.69) is 39.3 Å². The SMILES string of the molecule is C=CC[C@H](O)CC1CCN(CC2CN(Cc3ccc(Cl)cc3Cl)CC2c2ccsc2)CC1. The van der Waals surface area contributed by atoms with Crippen LogP contribution in [0.5, 0.6) is 0 Å². The van der Waals surface area contributed by atoms with Gasteiger partial charge < -0.3 is 10.0 Å². The third-order valence-electron chi connectivity index (χ3n) is 7.14. The zero-order valence-corrected chi connectivity index (χ0v) is 21.0. The number of hydrogen-bond donors (Lipinski definition) is 1. The van der Waals surface area contributed by atoms with Crippen LogP contribution in [0.15, 0.2) is 47.7 Å². The monoisotopic (exact) mass is 492 g/mol. The Hall–Kier alpha value is -0.880. The Morgan fingerprint density at radius 1 is 1.16 bits per heavy atom. The van der Waals surface area contributed by atoms with E-state index in [0.29, 0.717) is 29.2 Å². The second kappa shape index (κ2) is 11.5. The molecule has 0 radical (unpaired) electrons. The molecule has 2 unspecified atom stereocenters. The molecule has 174 valence electrons. The lowest BCUT2D eigenvalue weighted by molar-refractivity contribution is 0.102. The van der Waals surface area contributed by atoms with E-state index in [0.717, 1.165) is 56.3 Å². The van der Waals surface area contributed by atoms with E-state index in [9.17, 15) is 5.11 Å². The van der Waals surface area contributed by atoms with Crippen molar-refractivity contribution in [2.45, 2.75) is 44.2 Å². The highest BCUT2D eigenvalue weighted by Crippen LogP contribution is 2.36. The molecule has 0 bridgehead atoms. The molecule has 3 nitrogen and oxygen atoms in total. The molecule has 2 fully saturated rings. The highest BCUT2D eigenvalue weighted by atomic mass is 35.5. The van der Waals surface area contributed by atoms with Crippen LogP contribution in [0.4, 0.5) is 0 Å². The van der Waals surface area contributed by atoms with Crippen LogP contribution >= 0.6 is 34.5 Å². The van der Waals surface area contributed by atoms with Crippen LogP contribution < -0.4 is 0 Å². The lowest BCUT2D eigenvalue weighted by atomic mass is 9.87. The molecule has 3 atom stereocenters. The largest absolute Gasteiger partial charge is 0.393 e. The molecule has 32 heavy (non-hydrogen) atoms. The van der Waals surface area contributed by atoms with Gasteiger partial charge in [0.25, 0.3) is 0 Å². The van der Waals surface area contributed by atoms with E-state index < -0.39 is 0 Å². The molecule has 1 aromatic heterocycles. The second-order valence-electron chi connectivity index (χ2n) is 9.51. The first-order valence-corrected chi connectivity index (χ1v) is 13.4. The summed E-state index contributed by atoms with van der Waals surface area (Å²) in [4.78, 5) is 5.21. The summed E-state index contributed by atoms with van der Waals surface area (Å²) in [5.74, 6) is 1.83. The lowest BCUT2D eigenvalue weighted by Gasteiger charge is -2.35. The van der Waals surface area contributed by atoms with Crippen molar-refractivity contribution in [3.8, 4) is 0 Å². The number of thiophene rings is 1. The number of likely N-dealkylation sites (tertiary alicyclic amines) is 2. The number of benzene rings is 1. The van der Waals surface area contributed by atoms with Crippen molar-refractivity contribution < 1.29 is 5.11 Å². The third-order valence-corrected chi connectivity index (χ3v) is 8.43. The van der Waals surface area contributed by atoms with Gasteiger partial charge in [-0.3, -0.25) is 4.90 Å². The van der Waals surface area contributed by atoms with E-state index in [4.69, 9.17) is 23.2 Å². The summed E-state index contributed by atoms with van der Waals surface area (Å²) in [6, 6.07) is 8.14. The van der Waals surface area contributed by atoms with Crippen LogP contribution in [0.3, 0.4) is 0 Å². The summed E-state index contributed by atoms with van der Waals surface area (Å²) in [5.41, 5.74) is 2.63. The van der Waals surface area contributed by atoms with Gasteiger partial charge in [0, 0.05) is 42.1 Å². The Kier molecular flexibility index (Phi) is 8.72. The van der Waals surface area contributed by atoms with Crippen molar-refractivity contribution in [3.63, 3.8) is 0 Å². The van der Waals surface area contributed by atoms with Crippen molar-refractivity contribution in [2.75, 3.05) is 32.7 Å². The van der Waals surface area contributed by atoms with Crippen LogP contribution in [0.25, 0.3) is 0 Å². The average molecular weight is 494 g/mol. The van der Waals surface area contributed by atoms with Gasteiger partial charge in [-0.25, -0.2) is 0 Å². The van der Waals surface area contributed by atoms with E-state index >= 15 is 0 Å². The van der Waals surface area contributed by atoms with Gasteiger partial charge in [0.2, 0.25) is 0 Å². The summed E-state index contributed by atoms with van der Waals surface area (Å²) in [6.07, 6.45) is 5.60. The summed E-state index contributed by atoms with van der Waals surface area (Å²) in [5, 5.41) is 16.1. The summed E-state index contributed by atoms with van der Waals surface area (Å²) >= 11 is 14.3. The zero-order valence-electron chi connectivity index (χ0n) is 18.6. The second-order valence-corrected chi connectivity index (χ2v) is 11.1. The number of aliphatic hydroxyl groups excluding tert-OH is 1.